The van der Waals surface area contributed by atoms with E-state index in [0.717, 1.165) is 59.6 Å². The zero-order valence-electron chi connectivity index (χ0n) is 19.2. The first-order chi connectivity index (χ1) is 16.0. The fourth-order valence-corrected chi connectivity index (χ4v) is 6.41. The van der Waals surface area contributed by atoms with Gasteiger partial charge < -0.3 is 19.2 Å². The average Bonchev–Trinajstić information content (AvgIpc) is 3.54. The first-order valence-corrected chi connectivity index (χ1v) is 12.7. The normalized spacial score (nSPS) is 17.3. The number of carbonyl (C=O) groups excluding carboxylic acids is 1. The molecule has 0 spiro atoms. The molecule has 2 aliphatic carbocycles. The van der Waals surface area contributed by atoms with Crippen LogP contribution >= 0.6 is 0 Å². The van der Waals surface area contributed by atoms with E-state index in [4.69, 9.17) is 14.4 Å². The molecule has 1 aliphatic heterocycles. The summed E-state index contributed by atoms with van der Waals surface area (Å²) in [6.45, 7) is 0.772. The summed E-state index contributed by atoms with van der Waals surface area (Å²) < 4.78 is 42.0. The first kappa shape index (κ1) is 25.1. The van der Waals surface area contributed by atoms with E-state index in [1.54, 1.807) is 0 Å². The van der Waals surface area contributed by atoms with Crippen LogP contribution in [0.25, 0.3) is 4.72 Å². The zero-order chi connectivity index (χ0) is 23.0. The zero-order valence-corrected chi connectivity index (χ0v) is 22.0. The van der Waals surface area contributed by atoms with Gasteiger partial charge in [-0.1, -0.05) is 6.07 Å². The molecule has 3 aliphatic rings. The Morgan fingerprint density at radius 1 is 1.09 bits per heavy atom. The Morgan fingerprint density at radius 3 is 2.32 bits per heavy atom. The topological polar surface area (TPSA) is 127 Å². The molecule has 5 rings (SSSR count). The maximum absolute atomic E-state index is 13.3. The number of nitrogens with one attached hydrogen (secondary N) is 1. The smallest absolute Gasteiger partial charge is 0.429 e. The number of nitrogens with zero attached hydrogens (tertiary/aromatic N) is 3. The minimum absolute atomic E-state index is 0. The number of aryl methyl sites for hydroxylation is 2. The summed E-state index contributed by atoms with van der Waals surface area (Å²) in [6, 6.07) is 5.50. The van der Waals surface area contributed by atoms with Crippen molar-refractivity contribution in [2.45, 2.75) is 57.4 Å². The molecule has 0 bridgehead atoms. The molecular weight excluding hydrogens is 467 g/mol. The number of urea groups is 1. The Kier molecular flexibility index (Phi) is 7.60. The van der Waals surface area contributed by atoms with E-state index in [9.17, 15) is 13.2 Å². The molecule has 0 unspecified atom stereocenters. The number of anilines is 2. The Labute approximate surface area is 221 Å². The fourth-order valence-electron chi connectivity index (χ4n) is 5.15. The second-order valence-electron chi connectivity index (χ2n) is 8.62. The SMILES string of the molecule is N#Cc1ccc(N(C2CCOCC2)S(=O)(=O)[N-]C(=O)Nc2c3c(cc4c2CCC4)CCC3)o1.[Na+]. The Balaban J connectivity index is 0.00000274. The molecule has 0 saturated carbocycles. The van der Waals surface area contributed by atoms with Crippen LogP contribution in [0.4, 0.5) is 16.4 Å². The van der Waals surface area contributed by atoms with Crippen molar-refractivity contribution in [1.82, 2.24) is 0 Å². The van der Waals surface area contributed by atoms with Gasteiger partial charge in [-0.25, -0.2) is 12.7 Å². The molecule has 2 heterocycles. The molecular formula is C23H25N4NaO5S. The van der Waals surface area contributed by atoms with Crippen molar-refractivity contribution in [2.75, 3.05) is 22.8 Å². The second-order valence-corrected chi connectivity index (χ2v) is 10.1. The maximum atomic E-state index is 13.3. The van der Waals surface area contributed by atoms with Crippen molar-refractivity contribution in [3.63, 3.8) is 0 Å². The summed E-state index contributed by atoms with van der Waals surface area (Å²) in [7, 11) is -4.43. The summed E-state index contributed by atoms with van der Waals surface area (Å²) in [5.41, 5.74) is 5.41. The number of benzene rings is 1. The molecule has 2 aromatic rings. The minimum Gasteiger partial charge on any atom is -0.429 e. The predicted molar refractivity (Wildman–Crippen MR) is 122 cm³/mol. The monoisotopic (exact) mass is 492 g/mol. The molecule has 9 nitrogen and oxygen atoms in total. The van der Waals surface area contributed by atoms with Gasteiger partial charge in [-0.05, 0) is 85.4 Å². The average molecular weight is 493 g/mol. The molecule has 1 fully saturated rings. The van der Waals surface area contributed by atoms with Crippen LogP contribution in [0.1, 0.15) is 53.7 Å². The van der Waals surface area contributed by atoms with Gasteiger partial charge in [-0.2, -0.15) is 5.26 Å². The van der Waals surface area contributed by atoms with Gasteiger partial charge in [0.05, 0.1) is 6.04 Å². The third kappa shape index (κ3) is 4.86. The van der Waals surface area contributed by atoms with E-state index in [0.29, 0.717) is 26.1 Å². The Morgan fingerprint density at radius 2 is 1.74 bits per heavy atom. The summed E-state index contributed by atoms with van der Waals surface area (Å²) in [5.74, 6) is -0.0476. The van der Waals surface area contributed by atoms with Crippen LogP contribution in [0.15, 0.2) is 22.6 Å². The van der Waals surface area contributed by atoms with Crippen molar-refractivity contribution >= 4 is 27.8 Å². The molecule has 1 N–H and O–H groups in total. The van der Waals surface area contributed by atoms with Crippen molar-refractivity contribution in [1.29, 1.82) is 5.26 Å². The second kappa shape index (κ2) is 10.3. The number of nitriles is 1. The van der Waals surface area contributed by atoms with Crippen LogP contribution in [0.5, 0.6) is 0 Å². The molecule has 34 heavy (non-hydrogen) atoms. The molecule has 2 amide bonds. The summed E-state index contributed by atoms with van der Waals surface area (Å²) in [6.07, 6.45) is 6.57. The summed E-state index contributed by atoms with van der Waals surface area (Å²) >= 11 is 0. The number of ether oxygens (including phenoxy) is 1. The van der Waals surface area contributed by atoms with E-state index < -0.39 is 22.3 Å². The number of fused-ring (bicyclic) bond motifs is 2. The molecule has 1 aromatic heterocycles. The predicted octanol–water partition coefficient (Wildman–Crippen LogP) is 0.969. The number of hydrogen-bond acceptors (Lipinski definition) is 6. The summed E-state index contributed by atoms with van der Waals surface area (Å²) in [5, 5.41) is 11.9. The van der Waals surface area contributed by atoms with E-state index in [2.05, 4.69) is 16.1 Å². The van der Waals surface area contributed by atoms with Crippen LogP contribution in [0, 0.1) is 11.3 Å². The first-order valence-electron chi connectivity index (χ1n) is 11.3. The third-order valence-electron chi connectivity index (χ3n) is 6.59. The van der Waals surface area contributed by atoms with Crippen molar-refractivity contribution in [3.8, 4) is 6.07 Å². The fraction of sp³-hybridized carbons (Fsp3) is 0.478. The van der Waals surface area contributed by atoms with Crippen LogP contribution in [-0.4, -0.2) is 33.7 Å². The van der Waals surface area contributed by atoms with Crippen LogP contribution < -0.4 is 39.2 Å². The number of rotatable bonds is 5. The Hall–Kier alpha value is -2.03. The summed E-state index contributed by atoms with van der Waals surface area (Å²) in [4.78, 5) is 12.9. The van der Waals surface area contributed by atoms with Gasteiger partial charge in [-0.15, -0.1) is 0 Å². The molecule has 0 atom stereocenters. The van der Waals surface area contributed by atoms with E-state index in [1.807, 2.05) is 6.07 Å². The van der Waals surface area contributed by atoms with Crippen LogP contribution in [0.3, 0.4) is 0 Å². The van der Waals surface area contributed by atoms with Crippen molar-refractivity contribution in [2.24, 2.45) is 0 Å². The molecule has 1 saturated heterocycles. The van der Waals surface area contributed by atoms with Gasteiger partial charge in [0.15, 0.2) is 6.03 Å². The van der Waals surface area contributed by atoms with E-state index >= 15 is 0 Å². The van der Waals surface area contributed by atoms with Gasteiger partial charge in [0.1, 0.15) is 6.07 Å². The van der Waals surface area contributed by atoms with Crippen molar-refractivity contribution in [3.05, 3.63) is 50.9 Å². The quantitative estimate of drug-likeness (QED) is 0.620. The van der Waals surface area contributed by atoms with Crippen LogP contribution in [0.2, 0.25) is 0 Å². The largest absolute Gasteiger partial charge is 1.00 e. The number of amides is 2. The van der Waals surface area contributed by atoms with E-state index in [-0.39, 0.29) is 41.2 Å². The molecule has 11 heteroatoms. The van der Waals surface area contributed by atoms with Crippen molar-refractivity contribution < 1.29 is 51.9 Å². The molecule has 1 aromatic carbocycles. The van der Waals surface area contributed by atoms with Crippen LogP contribution in [-0.2, 0) is 40.6 Å². The van der Waals surface area contributed by atoms with Gasteiger partial charge in [0.2, 0.25) is 11.6 Å². The third-order valence-corrected chi connectivity index (χ3v) is 7.97. The minimum atomic E-state index is -4.43. The van der Waals surface area contributed by atoms with E-state index in [1.165, 1.54) is 23.3 Å². The van der Waals surface area contributed by atoms with Gasteiger partial charge >= 0.3 is 29.6 Å². The molecule has 174 valence electrons. The van der Waals surface area contributed by atoms with Gasteiger partial charge in [-0.3, -0.25) is 4.79 Å². The molecule has 0 radical (unpaired) electrons. The number of furan rings is 1. The maximum Gasteiger partial charge on any atom is 1.00 e. The van der Waals surface area contributed by atoms with Gasteiger partial charge in [0, 0.05) is 19.3 Å². The number of carbonyl (C=O) groups is 1. The van der Waals surface area contributed by atoms with Gasteiger partial charge in [0.25, 0.3) is 10.2 Å². The Bertz CT molecular complexity index is 1200. The standard InChI is InChI=1S/C23H26N4O5S.Na/c24-14-18-7-8-21(32-18)27(17-9-11-31-12-10-17)33(29,30)26-23(28)25-22-19-5-1-3-15(19)13-16-4-2-6-20(16)22;/h7-8,13,17H,1-6,9-12H2,(H2,25,26,28);/q;+1/p-1. The number of hydrogen-bond donors (Lipinski definition) is 1.